The lowest BCUT2D eigenvalue weighted by Crippen LogP contribution is -2.58. The minimum Gasteiger partial charge on any atom is -0.508 e. The molecule has 0 saturated carbocycles. The van der Waals surface area contributed by atoms with Gasteiger partial charge in [-0.25, -0.2) is 4.79 Å². The summed E-state index contributed by atoms with van der Waals surface area (Å²) in [6, 6.07) is 18.2. The fourth-order valence-corrected chi connectivity index (χ4v) is 4.91. The predicted octanol–water partition coefficient (Wildman–Crippen LogP) is 3.99. The number of aromatic hydroxyl groups is 1. The normalized spacial score (nSPS) is 12.7. The van der Waals surface area contributed by atoms with Gasteiger partial charge in [-0.05, 0) is 80.5 Å². The fraction of sp³-hybridized carbons (Fsp3) is 0.364. The molecule has 0 saturated heterocycles. The van der Waals surface area contributed by atoms with Crippen LogP contribution in [-0.2, 0) is 29.0 Å². The lowest BCUT2D eigenvalue weighted by atomic mass is 9.92. The second-order valence-corrected chi connectivity index (χ2v) is 11.4. The Labute approximate surface area is 247 Å². The Bertz CT molecular complexity index is 1390. The number of nitrogens with two attached hydrogens (primary N) is 1. The number of carbonyl (C=O) groups is 3. The molecule has 0 bridgehead atoms. The maximum Gasteiger partial charge on any atom is 0.408 e. The summed E-state index contributed by atoms with van der Waals surface area (Å²) in [7, 11) is 0. The van der Waals surface area contributed by atoms with E-state index in [1.54, 1.807) is 19.9 Å². The SMILES string of the molecule is Cc1cc(O)c(C)c(C)c1C[C@H](N)C(=O)NC(C)(C)CNC(=O)[C@H](Cc1ccccc1)N(Cc1ccccc1)C(=O)O. The molecular formula is C33H42N4O5. The Morgan fingerprint density at radius 3 is 2.02 bits per heavy atom. The first-order valence-electron chi connectivity index (χ1n) is 14.0. The van der Waals surface area contributed by atoms with Crippen LogP contribution < -0.4 is 16.4 Å². The van der Waals surface area contributed by atoms with Gasteiger partial charge in [-0.15, -0.1) is 0 Å². The van der Waals surface area contributed by atoms with E-state index in [2.05, 4.69) is 10.6 Å². The Balaban J connectivity index is 1.71. The van der Waals surface area contributed by atoms with Crippen LogP contribution in [-0.4, -0.2) is 57.2 Å². The number of carboxylic acid groups (broad SMARTS) is 1. The third-order valence-electron chi connectivity index (χ3n) is 7.55. The first kappa shape index (κ1) is 32.1. The predicted molar refractivity (Wildman–Crippen MR) is 163 cm³/mol. The highest BCUT2D eigenvalue weighted by molar-refractivity contribution is 5.86. The second kappa shape index (κ2) is 14.0. The summed E-state index contributed by atoms with van der Waals surface area (Å²) in [5.74, 6) is -0.634. The van der Waals surface area contributed by atoms with Gasteiger partial charge in [0.15, 0.2) is 0 Å². The summed E-state index contributed by atoms with van der Waals surface area (Å²) < 4.78 is 0. The van der Waals surface area contributed by atoms with Gasteiger partial charge in [0.2, 0.25) is 11.8 Å². The van der Waals surface area contributed by atoms with Crippen LogP contribution in [0.2, 0.25) is 0 Å². The number of benzene rings is 3. The summed E-state index contributed by atoms with van der Waals surface area (Å²) in [5, 5.41) is 26.0. The van der Waals surface area contributed by atoms with Crippen LogP contribution in [0.5, 0.6) is 5.75 Å². The largest absolute Gasteiger partial charge is 0.508 e. The maximum atomic E-state index is 13.6. The molecule has 3 aromatic rings. The molecule has 9 nitrogen and oxygen atoms in total. The van der Waals surface area contributed by atoms with Crippen molar-refractivity contribution in [3.8, 4) is 5.75 Å². The van der Waals surface area contributed by atoms with E-state index in [-0.39, 0.29) is 31.2 Å². The number of hydrogen-bond acceptors (Lipinski definition) is 5. The molecule has 3 amide bonds. The minimum absolute atomic E-state index is 0.0473. The van der Waals surface area contributed by atoms with E-state index in [9.17, 15) is 24.6 Å². The van der Waals surface area contributed by atoms with Gasteiger partial charge in [0, 0.05) is 19.5 Å². The van der Waals surface area contributed by atoms with Crippen molar-refractivity contribution >= 4 is 17.9 Å². The molecule has 0 radical (unpaired) electrons. The molecular weight excluding hydrogens is 532 g/mol. The van der Waals surface area contributed by atoms with Crippen LogP contribution in [0.4, 0.5) is 4.79 Å². The molecule has 3 rings (SSSR count). The highest BCUT2D eigenvalue weighted by Crippen LogP contribution is 2.27. The van der Waals surface area contributed by atoms with Crippen LogP contribution in [0.3, 0.4) is 0 Å². The molecule has 9 heteroatoms. The second-order valence-electron chi connectivity index (χ2n) is 11.4. The number of nitrogens with zero attached hydrogens (tertiary/aromatic N) is 1. The molecule has 3 aromatic carbocycles. The van der Waals surface area contributed by atoms with Crippen molar-refractivity contribution in [1.82, 2.24) is 15.5 Å². The van der Waals surface area contributed by atoms with Gasteiger partial charge in [0.25, 0.3) is 0 Å². The monoisotopic (exact) mass is 574 g/mol. The summed E-state index contributed by atoms with van der Waals surface area (Å²) in [6.45, 7) is 9.23. The first-order valence-corrected chi connectivity index (χ1v) is 14.0. The van der Waals surface area contributed by atoms with E-state index in [4.69, 9.17) is 5.73 Å². The summed E-state index contributed by atoms with van der Waals surface area (Å²) in [6.07, 6.45) is -0.725. The topological polar surface area (TPSA) is 145 Å². The van der Waals surface area contributed by atoms with E-state index in [0.717, 1.165) is 38.3 Å². The lowest BCUT2D eigenvalue weighted by molar-refractivity contribution is -0.127. The molecule has 0 unspecified atom stereocenters. The molecule has 0 aromatic heterocycles. The van der Waals surface area contributed by atoms with E-state index in [1.807, 2.05) is 81.4 Å². The standard InChI is InChI=1S/C33H42N4O5/c1-21-16-29(38)23(3)22(2)26(21)18-27(34)30(39)36-33(4,5)20-35-31(40)28(17-24-12-8-6-9-13-24)37(32(41)42)19-25-14-10-7-11-15-25/h6-16,27-28,38H,17-20,34H2,1-5H3,(H,35,40)(H,36,39)(H,41,42)/t27-,28-/m0/s1. The smallest absolute Gasteiger partial charge is 0.408 e. The van der Waals surface area contributed by atoms with E-state index in [1.165, 1.54) is 0 Å². The maximum absolute atomic E-state index is 13.6. The van der Waals surface area contributed by atoms with E-state index >= 15 is 0 Å². The Morgan fingerprint density at radius 2 is 1.45 bits per heavy atom. The number of phenols is 1. The Hall–Kier alpha value is -4.37. The number of carbonyl (C=O) groups excluding carboxylic acids is 2. The minimum atomic E-state index is -1.21. The van der Waals surface area contributed by atoms with Gasteiger partial charge >= 0.3 is 6.09 Å². The van der Waals surface area contributed by atoms with Crippen molar-refractivity contribution in [2.45, 2.75) is 71.6 Å². The number of nitrogens with one attached hydrogen (secondary N) is 2. The molecule has 0 aliphatic rings. The fourth-order valence-electron chi connectivity index (χ4n) is 4.91. The summed E-state index contributed by atoms with van der Waals surface area (Å²) in [5.41, 5.74) is 10.4. The quantitative estimate of drug-likeness (QED) is 0.221. The lowest BCUT2D eigenvalue weighted by Gasteiger charge is -2.32. The average Bonchev–Trinajstić information content (AvgIpc) is 2.95. The number of phenolic OH excluding ortho intramolecular Hbond substituents is 1. The Morgan fingerprint density at radius 1 is 0.881 bits per heavy atom. The summed E-state index contributed by atoms with van der Waals surface area (Å²) >= 11 is 0. The van der Waals surface area contributed by atoms with Crippen molar-refractivity contribution < 1.29 is 24.6 Å². The number of aryl methyl sites for hydroxylation is 1. The van der Waals surface area contributed by atoms with Gasteiger partial charge in [-0.3, -0.25) is 14.5 Å². The van der Waals surface area contributed by atoms with Gasteiger partial charge in [-0.2, -0.15) is 0 Å². The van der Waals surface area contributed by atoms with Crippen LogP contribution in [0.1, 0.15) is 47.2 Å². The highest BCUT2D eigenvalue weighted by Gasteiger charge is 2.32. The molecule has 0 aliphatic heterocycles. The molecule has 0 aliphatic carbocycles. The van der Waals surface area contributed by atoms with Gasteiger partial charge in [0.05, 0.1) is 11.6 Å². The van der Waals surface area contributed by atoms with Crippen LogP contribution in [0.15, 0.2) is 66.7 Å². The zero-order valence-corrected chi connectivity index (χ0v) is 25.0. The molecule has 0 fully saturated rings. The van der Waals surface area contributed by atoms with Gasteiger partial charge < -0.3 is 26.6 Å². The van der Waals surface area contributed by atoms with Crippen molar-refractivity contribution in [3.05, 3.63) is 100 Å². The van der Waals surface area contributed by atoms with E-state index in [0.29, 0.717) is 6.42 Å². The molecule has 42 heavy (non-hydrogen) atoms. The van der Waals surface area contributed by atoms with Crippen LogP contribution in [0.25, 0.3) is 0 Å². The highest BCUT2D eigenvalue weighted by atomic mass is 16.4. The molecule has 0 heterocycles. The van der Waals surface area contributed by atoms with Gasteiger partial charge in [-0.1, -0.05) is 60.7 Å². The molecule has 224 valence electrons. The van der Waals surface area contributed by atoms with Gasteiger partial charge in [0.1, 0.15) is 11.8 Å². The Kier molecular flexibility index (Phi) is 10.7. The first-order chi connectivity index (χ1) is 19.8. The average molecular weight is 575 g/mol. The molecule has 0 spiro atoms. The third-order valence-corrected chi connectivity index (χ3v) is 7.55. The van der Waals surface area contributed by atoms with Crippen molar-refractivity contribution in [3.63, 3.8) is 0 Å². The number of amides is 3. The third kappa shape index (κ3) is 8.57. The zero-order valence-electron chi connectivity index (χ0n) is 25.0. The van der Waals surface area contributed by atoms with Crippen molar-refractivity contribution in [2.24, 2.45) is 5.73 Å². The molecule has 6 N–H and O–H groups in total. The number of hydrogen-bond donors (Lipinski definition) is 5. The molecule has 2 atom stereocenters. The van der Waals surface area contributed by atoms with Crippen molar-refractivity contribution in [2.75, 3.05) is 6.54 Å². The van der Waals surface area contributed by atoms with E-state index < -0.39 is 29.6 Å². The van der Waals surface area contributed by atoms with Crippen LogP contribution in [0, 0.1) is 20.8 Å². The van der Waals surface area contributed by atoms with Crippen molar-refractivity contribution in [1.29, 1.82) is 0 Å². The van der Waals surface area contributed by atoms with Crippen LogP contribution >= 0.6 is 0 Å². The summed E-state index contributed by atoms with van der Waals surface area (Å²) in [4.78, 5) is 40.1. The number of rotatable bonds is 12. The zero-order chi connectivity index (χ0) is 31.0.